The zero-order chi connectivity index (χ0) is 15.1. The predicted octanol–water partition coefficient (Wildman–Crippen LogP) is 1.09. The van der Waals surface area contributed by atoms with Crippen LogP contribution in [0.5, 0.6) is 0 Å². The zero-order valence-electron chi connectivity index (χ0n) is 11.9. The smallest absolute Gasteiger partial charge is 0.374 e. The molecule has 0 fully saturated rings. The summed E-state index contributed by atoms with van der Waals surface area (Å²) in [4.78, 5) is 10.5. The minimum atomic E-state index is -2.56. The van der Waals surface area contributed by atoms with E-state index in [1.54, 1.807) is 0 Å². The van der Waals surface area contributed by atoms with E-state index in [1.807, 2.05) is 20.8 Å². The number of thiol groups is 1. The third kappa shape index (κ3) is 11.5. The number of carbonyl (C=O) groups excluding carboxylic acids is 1. The fraction of sp³-hybridized carbons (Fsp3) is 0.900. The Kier molecular flexibility index (Phi) is 16.0. The van der Waals surface area contributed by atoms with Crippen molar-refractivity contribution in [2.24, 2.45) is 5.73 Å². The highest BCUT2D eigenvalue weighted by Crippen LogP contribution is 2.17. The molecular weight excluding hydrogens is 300 g/mol. The van der Waals surface area contributed by atoms with E-state index < -0.39 is 14.8 Å². The average Bonchev–Trinajstić information content (AvgIpc) is 2.38. The number of primary amides is 1. The molecule has 0 aliphatic heterocycles. The van der Waals surface area contributed by atoms with Gasteiger partial charge in [-0.15, -0.1) is 0 Å². The van der Waals surface area contributed by atoms with Gasteiger partial charge in [0.25, 0.3) is 0 Å². The Morgan fingerprint density at radius 1 is 1.16 bits per heavy atom. The van der Waals surface area contributed by atoms with Crippen LogP contribution in [0.2, 0.25) is 6.04 Å². The lowest BCUT2D eigenvalue weighted by molar-refractivity contribution is 0.0708. The molecule has 9 heteroatoms. The van der Waals surface area contributed by atoms with Crippen LogP contribution in [0.15, 0.2) is 0 Å². The molecule has 19 heavy (non-hydrogen) atoms. The van der Waals surface area contributed by atoms with Crippen LogP contribution in [0.25, 0.3) is 0 Å². The first-order chi connectivity index (χ1) is 9.10. The van der Waals surface area contributed by atoms with Gasteiger partial charge in [0.1, 0.15) is 9.39 Å². The molecule has 0 saturated heterocycles. The van der Waals surface area contributed by atoms with Crippen LogP contribution in [-0.4, -0.2) is 50.6 Å². The summed E-state index contributed by atoms with van der Waals surface area (Å²) in [5.41, 5.74) is 4.99. The monoisotopic (exact) mass is 325 g/mol. The van der Waals surface area contributed by atoms with Crippen molar-refractivity contribution in [3.8, 4) is 0 Å². The van der Waals surface area contributed by atoms with E-state index in [0.717, 1.165) is 6.42 Å². The Hall–Kier alpha value is -0.0662. The third-order valence-electron chi connectivity index (χ3n) is 2.05. The maximum Gasteiger partial charge on any atom is 0.500 e. The molecule has 0 spiro atoms. The van der Waals surface area contributed by atoms with E-state index >= 15 is 0 Å². The van der Waals surface area contributed by atoms with Crippen LogP contribution in [0, 0.1) is 0 Å². The molecule has 0 unspecified atom stereocenters. The first-order valence-corrected chi connectivity index (χ1v) is 9.99. The number of carbonyl (C=O) groups is 1. The van der Waals surface area contributed by atoms with E-state index in [-0.39, 0.29) is 0 Å². The molecular formula is C10H25N2O4SSi2. The minimum Gasteiger partial charge on any atom is -0.374 e. The first-order valence-electron chi connectivity index (χ1n) is 6.27. The fourth-order valence-electron chi connectivity index (χ4n) is 1.52. The molecule has 0 bridgehead atoms. The second kappa shape index (κ2) is 14.3. The molecule has 3 radical (unpaired) electrons. The number of rotatable bonds is 10. The second-order valence-corrected chi connectivity index (χ2v) is 6.11. The second-order valence-electron chi connectivity index (χ2n) is 3.38. The van der Waals surface area contributed by atoms with Crippen LogP contribution >= 0.6 is 12.1 Å². The van der Waals surface area contributed by atoms with Crippen molar-refractivity contribution in [3.05, 3.63) is 0 Å². The van der Waals surface area contributed by atoms with Crippen molar-refractivity contribution in [2.75, 3.05) is 26.4 Å². The van der Waals surface area contributed by atoms with Crippen molar-refractivity contribution < 1.29 is 18.1 Å². The van der Waals surface area contributed by atoms with Gasteiger partial charge in [-0.3, -0.25) is 0 Å². The van der Waals surface area contributed by atoms with Gasteiger partial charge in [0.2, 0.25) is 0 Å². The SMILES string of the molecule is CCO[Si](CCCNC(N)=O)(OCC)OCC.[Si]S. The first kappa shape index (κ1) is 21.2. The Bertz CT molecular complexity index is 209. The van der Waals surface area contributed by atoms with E-state index in [4.69, 9.17) is 19.0 Å². The van der Waals surface area contributed by atoms with E-state index in [9.17, 15) is 4.79 Å². The highest BCUT2D eigenvalue weighted by Gasteiger charge is 2.39. The molecule has 0 aromatic heterocycles. The number of hydrogen-bond acceptors (Lipinski definition) is 5. The van der Waals surface area contributed by atoms with Gasteiger partial charge >= 0.3 is 14.8 Å². The van der Waals surface area contributed by atoms with Gasteiger partial charge in [0, 0.05) is 32.4 Å². The number of amides is 2. The van der Waals surface area contributed by atoms with Crippen LogP contribution in [0.3, 0.4) is 0 Å². The van der Waals surface area contributed by atoms with Crippen molar-refractivity contribution in [1.29, 1.82) is 0 Å². The molecule has 2 amide bonds. The third-order valence-corrected chi connectivity index (χ3v) is 5.20. The molecule has 6 nitrogen and oxygen atoms in total. The van der Waals surface area contributed by atoms with Gasteiger partial charge in [0.15, 0.2) is 0 Å². The highest BCUT2D eigenvalue weighted by molar-refractivity contribution is 8.03. The molecule has 0 aliphatic carbocycles. The van der Waals surface area contributed by atoms with Crippen molar-refractivity contribution in [3.63, 3.8) is 0 Å². The van der Waals surface area contributed by atoms with Gasteiger partial charge in [-0.1, -0.05) is 0 Å². The summed E-state index contributed by atoms with van der Waals surface area (Å²) < 4.78 is 17.0. The molecule has 0 aliphatic rings. The lowest BCUT2D eigenvalue weighted by atomic mass is 10.5. The lowest BCUT2D eigenvalue weighted by Gasteiger charge is -2.28. The van der Waals surface area contributed by atoms with Gasteiger partial charge < -0.3 is 24.3 Å². The van der Waals surface area contributed by atoms with Crippen LogP contribution in [0.4, 0.5) is 4.79 Å². The van der Waals surface area contributed by atoms with Crippen molar-refractivity contribution >= 4 is 36.3 Å². The van der Waals surface area contributed by atoms with Crippen LogP contribution < -0.4 is 11.1 Å². The Morgan fingerprint density at radius 2 is 1.58 bits per heavy atom. The van der Waals surface area contributed by atoms with Gasteiger partial charge in [0.05, 0.1) is 0 Å². The maximum absolute atomic E-state index is 10.5. The van der Waals surface area contributed by atoms with Crippen LogP contribution in [0.1, 0.15) is 27.2 Å². The van der Waals surface area contributed by atoms with E-state index in [2.05, 4.69) is 26.8 Å². The molecule has 0 rings (SSSR count). The molecule has 0 aromatic carbocycles. The topological polar surface area (TPSA) is 82.8 Å². The fourth-order valence-corrected chi connectivity index (χ4v) is 4.13. The molecule has 0 heterocycles. The number of nitrogens with one attached hydrogen (secondary N) is 1. The van der Waals surface area contributed by atoms with E-state index in [1.165, 1.54) is 0 Å². The lowest BCUT2D eigenvalue weighted by Crippen LogP contribution is -2.46. The molecule has 113 valence electrons. The quantitative estimate of drug-likeness (QED) is 0.319. The number of nitrogens with two attached hydrogens (primary N) is 1. The molecule has 0 atom stereocenters. The standard InChI is InChI=1S/C10H24N2O4Si.HSSi/c1-4-14-17(15-5-2,16-6-3)9-7-8-12-10(11)13;1-2/h4-9H2,1-3H3,(H3,11,12,13);1H. The van der Waals surface area contributed by atoms with E-state index in [0.29, 0.717) is 32.4 Å². The van der Waals surface area contributed by atoms with Crippen molar-refractivity contribution in [2.45, 2.75) is 33.2 Å². The Labute approximate surface area is 125 Å². The Morgan fingerprint density at radius 3 is 1.89 bits per heavy atom. The highest BCUT2D eigenvalue weighted by atomic mass is 32.3. The summed E-state index contributed by atoms with van der Waals surface area (Å²) in [6.45, 7) is 7.96. The summed E-state index contributed by atoms with van der Waals surface area (Å²) in [7, 11) is 0.107. The van der Waals surface area contributed by atoms with Crippen LogP contribution in [-0.2, 0) is 13.3 Å². The largest absolute Gasteiger partial charge is 0.500 e. The summed E-state index contributed by atoms with van der Waals surface area (Å²) in [5, 5.41) is 2.54. The predicted molar refractivity (Wildman–Crippen MR) is 82.4 cm³/mol. The van der Waals surface area contributed by atoms with Gasteiger partial charge in [-0.05, 0) is 27.2 Å². The summed E-state index contributed by atoms with van der Waals surface area (Å²) in [5.74, 6) is 0. The minimum absolute atomic E-state index is 0.511. The maximum atomic E-state index is 10.5. The number of urea groups is 1. The summed E-state index contributed by atoms with van der Waals surface area (Å²) in [6, 6.07) is 0.171. The van der Waals surface area contributed by atoms with Gasteiger partial charge in [-0.2, -0.15) is 0 Å². The average molecular weight is 326 g/mol. The molecule has 0 saturated carbocycles. The Balaban J connectivity index is 0. The molecule has 3 N–H and O–H groups in total. The normalized spacial score (nSPS) is 10.6. The molecule has 0 aromatic rings. The number of hydrogen-bond donors (Lipinski definition) is 3. The summed E-state index contributed by atoms with van der Waals surface area (Å²) in [6.07, 6.45) is 0.731. The van der Waals surface area contributed by atoms with Gasteiger partial charge in [-0.25, -0.2) is 16.9 Å². The van der Waals surface area contributed by atoms with Crippen molar-refractivity contribution in [1.82, 2.24) is 5.32 Å². The summed E-state index contributed by atoms with van der Waals surface area (Å²) >= 11 is 3.33. The zero-order valence-corrected chi connectivity index (χ0v) is 14.8.